The molecular formula is C17H24FNOS. The van der Waals surface area contributed by atoms with Crippen LogP contribution in [0.1, 0.15) is 40.0 Å². The van der Waals surface area contributed by atoms with Crippen LogP contribution >= 0.6 is 11.8 Å². The molecule has 0 saturated heterocycles. The summed E-state index contributed by atoms with van der Waals surface area (Å²) in [5, 5.41) is 3.03. The van der Waals surface area contributed by atoms with Gasteiger partial charge in [0.2, 0.25) is 5.91 Å². The molecule has 0 aliphatic heterocycles. The zero-order valence-corrected chi connectivity index (χ0v) is 13.8. The van der Waals surface area contributed by atoms with Crippen molar-refractivity contribution in [2.45, 2.75) is 56.2 Å². The van der Waals surface area contributed by atoms with Gasteiger partial charge >= 0.3 is 0 Å². The third-order valence-corrected chi connectivity index (χ3v) is 5.64. The molecule has 0 unspecified atom stereocenters. The molecule has 1 N–H and O–H groups in total. The van der Waals surface area contributed by atoms with Crippen molar-refractivity contribution in [1.29, 1.82) is 0 Å². The van der Waals surface area contributed by atoms with Gasteiger partial charge in [-0.1, -0.05) is 26.7 Å². The molecule has 2 nitrogen and oxygen atoms in total. The summed E-state index contributed by atoms with van der Waals surface area (Å²) in [6.07, 6.45) is 3.52. The van der Waals surface area contributed by atoms with Crippen LogP contribution in [-0.4, -0.2) is 17.2 Å². The van der Waals surface area contributed by atoms with E-state index >= 15 is 0 Å². The van der Waals surface area contributed by atoms with Gasteiger partial charge in [0, 0.05) is 10.9 Å². The summed E-state index contributed by atoms with van der Waals surface area (Å²) in [7, 11) is 0. The molecule has 21 heavy (non-hydrogen) atoms. The minimum Gasteiger partial charge on any atom is -0.352 e. The standard InChI is InChI=1S/C17H24FNOS/c1-11-5-4-6-16(12(11)2)19-17(20)13(3)21-15-9-7-14(18)8-10-15/h7-13,16H,4-6H2,1-3H3,(H,19,20)/t11-,12-,13-,16-/m1/s1. The summed E-state index contributed by atoms with van der Waals surface area (Å²) in [6.45, 7) is 6.40. The lowest BCUT2D eigenvalue weighted by molar-refractivity contribution is -0.121. The Hall–Kier alpha value is -1.03. The number of hydrogen-bond acceptors (Lipinski definition) is 2. The van der Waals surface area contributed by atoms with Crippen LogP contribution in [0.2, 0.25) is 0 Å². The molecule has 0 radical (unpaired) electrons. The molecular weight excluding hydrogens is 285 g/mol. The molecule has 4 atom stereocenters. The van der Waals surface area contributed by atoms with Crippen molar-refractivity contribution >= 4 is 17.7 Å². The minimum atomic E-state index is -0.249. The first-order chi connectivity index (χ1) is 9.97. The van der Waals surface area contributed by atoms with Gasteiger partial charge in [0.15, 0.2) is 0 Å². The number of carbonyl (C=O) groups is 1. The van der Waals surface area contributed by atoms with E-state index < -0.39 is 0 Å². The predicted molar refractivity (Wildman–Crippen MR) is 85.8 cm³/mol. The van der Waals surface area contributed by atoms with Crippen LogP contribution in [0.25, 0.3) is 0 Å². The van der Waals surface area contributed by atoms with Gasteiger partial charge in [-0.3, -0.25) is 4.79 Å². The minimum absolute atomic E-state index is 0.0790. The topological polar surface area (TPSA) is 29.1 Å². The Morgan fingerprint density at radius 3 is 2.62 bits per heavy atom. The zero-order valence-electron chi connectivity index (χ0n) is 12.9. The summed E-state index contributed by atoms with van der Waals surface area (Å²) >= 11 is 1.47. The molecule has 0 aromatic heterocycles. The van der Waals surface area contributed by atoms with Crippen molar-refractivity contribution in [2.75, 3.05) is 0 Å². The smallest absolute Gasteiger partial charge is 0.233 e. The van der Waals surface area contributed by atoms with Crippen LogP contribution in [0.3, 0.4) is 0 Å². The maximum Gasteiger partial charge on any atom is 0.233 e. The highest BCUT2D eigenvalue weighted by Crippen LogP contribution is 2.30. The van der Waals surface area contributed by atoms with Crippen LogP contribution < -0.4 is 5.32 Å². The Morgan fingerprint density at radius 2 is 1.95 bits per heavy atom. The fourth-order valence-electron chi connectivity index (χ4n) is 2.86. The Balaban J connectivity index is 1.88. The van der Waals surface area contributed by atoms with Gasteiger partial charge in [-0.2, -0.15) is 0 Å². The van der Waals surface area contributed by atoms with Crippen LogP contribution in [0.5, 0.6) is 0 Å². The molecule has 0 bridgehead atoms. The highest BCUT2D eigenvalue weighted by Gasteiger charge is 2.29. The number of halogens is 1. The second kappa shape index (κ2) is 7.30. The van der Waals surface area contributed by atoms with E-state index in [2.05, 4.69) is 19.2 Å². The Kier molecular flexibility index (Phi) is 5.68. The van der Waals surface area contributed by atoms with Crippen molar-refractivity contribution in [3.05, 3.63) is 30.1 Å². The van der Waals surface area contributed by atoms with Gasteiger partial charge < -0.3 is 5.32 Å². The average molecular weight is 309 g/mol. The molecule has 1 aromatic carbocycles. The van der Waals surface area contributed by atoms with Gasteiger partial charge in [0.05, 0.1) is 5.25 Å². The molecule has 2 rings (SSSR count). The van der Waals surface area contributed by atoms with E-state index in [1.165, 1.54) is 36.7 Å². The predicted octanol–water partition coefficient (Wildman–Crippen LogP) is 4.25. The number of nitrogens with one attached hydrogen (secondary N) is 1. The van der Waals surface area contributed by atoms with E-state index in [0.29, 0.717) is 11.8 Å². The molecule has 1 aliphatic rings. The van der Waals surface area contributed by atoms with E-state index in [-0.39, 0.29) is 23.0 Å². The van der Waals surface area contributed by atoms with Crippen molar-refractivity contribution < 1.29 is 9.18 Å². The van der Waals surface area contributed by atoms with Gasteiger partial charge in [0.1, 0.15) is 5.82 Å². The van der Waals surface area contributed by atoms with Crippen molar-refractivity contribution in [1.82, 2.24) is 5.32 Å². The number of benzene rings is 1. The van der Waals surface area contributed by atoms with Gasteiger partial charge in [-0.05, 0) is 49.4 Å². The van der Waals surface area contributed by atoms with Crippen LogP contribution in [-0.2, 0) is 4.79 Å². The first-order valence-electron chi connectivity index (χ1n) is 7.70. The van der Waals surface area contributed by atoms with Crippen molar-refractivity contribution in [3.63, 3.8) is 0 Å². The number of rotatable bonds is 4. The average Bonchev–Trinajstić information content (AvgIpc) is 2.46. The van der Waals surface area contributed by atoms with Crippen LogP contribution in [0.4, 0.5) is 4.39 Å². The second-order valence-corrected chi connectivity index (χ2v) is 7.51. The van der Waals surface area contributed by atoms with E-state index in [4.69, 9.17) is 0 Å². The Morgan fingerprint density at radius 1 is 1.29 bits per heavy atom. The Labute approximate surface area is 130 Å². The lowest BCUT2D eigenvalue weighted by Crippen LogP contribution is -2.46. The molecule has 1 fully saturated rings. The first kappa shape index (κ1) is 16.3. The van der Waals surface area contributed by atoms with Crippen molar-refractivity contribution in [3.8, 4) is 0 Å². The van der Waals surface area contributed by atoms with Gasteiger partial charge in [0.25, 0.3) is 0 Å². The second-order valence-electron chi connectivity index (χ2n) is 6.10. The highest BCUT2D eigenvalue weighted by atomic mass is 32.2. The SMILES string of the molecule is C[C@@H]1[C@H](C)CCC[C@H]1NC(=O)[C@@H](C)Sc1ccc(F)cc1. The quantitative estimate of drug-likeness (QED) is 0.843. The largest absolute Gasteiger partial charge is 0.352 e. The molecule has 1 aromatic rings. The molecule has 4 heteroatoms. The fourth-order valence-corrected chi connectivity index (χ4v) is 3.73. The number of carbonyl (C=O) groups excluding carboxylic acids is 1. The van der Waals surface area contributed by atoms with E-state index in [1.807, 2.05) is 6.92 Å². The molecule has 0 heterocycles. The summed E-state index contributed by atoms with van der Waals surface area (Å²) in [5.41, 5.74) is 0. The molecule has 116 valence electrons. The Bertz CT molecular complexity index is 476. The molecule has 1 amide bonds. The van der Waals surface area contributed by atoms with Crippen LogP contribution in [0.15, 0.2) is 29.2 Å². The van der Waals surface area contributed by atoms with Gasteiger partial charge in [-0.15, -0.1) is 11.8 Å². The fraction of sp³-hybridized carbons (Fsp3) is 0.588. The number of thioether (sulfide) groups is 1. The lowest BCUT2D eigenvalue weighted by Gasteiger charge is -2.35. The number of amides is 1. The monoisotopic (exact) mass is 309 g/mol. The summed E-state index contributed by atoms with van der Waals surface area (Å²) in [5.74, 6) is 1.03. The third-order valence-electron chi connectivity index (χ3n) is 4.53. The normalized spacial score (nSPS) is 27.1. The maximum atomic E-state index is 12.9. The highest BCUT2D eigenvalue weighted by molar-refractivity contribution is 8.00. The van der Waals surface area contributed by atoms with E-state index in [1.54, 1.807) is 12.1 Å². The van der Waals surface area contributed by atoms with Crippen LogP contribution in [0, 0.1) is 17.7 Å². The number of hydrogen-bond donors (Lipinski definition) is 1. The zero-order chi connectivity index (χ0) is 15.4. The maximum absolute atomic E-state index is 12.9. The van der Waals surface area contributed by atoms with E-state index in [9.17, 15) is 9.18 Å². The third kappa shape index (κ3) is 4.47. The lowest BCUT2D eigenvalue weighted by atomic mass is 9.78. The van der Waals surface area contributed by atoms with Gasteiger partial charge in [-0.25, -0.2) is 4.39 Å². The first-order valence-corrected chi connectivity index (χ1v) is 8.58. The molecule has 1 saturated carbocycles. The molecule has 0 spiro atoms. The summed E-state index contributed by atoms with van der Waals surface area (Å²) in [6, 6.07) is 6.58. The van der Waals surface area contributed by atoms with E-state index in [0.717, 1.165) is 11.3 Å². The summed E-state index contributed by atoms with van der Waals surface area (Å²) < 4.78 is 12.9. The molecule has 1 aliphatic carbocycles. The summed E-state index contributed by atoms with van der Waals surface area (Å²) in [4.78, 5) is 13.2. The van der Waals surface area contributed by atoms with Crippen molar-refractivity contribution in [2.24, 2.45) is 11.8 Å².